The van der Waals surface area contributed by atoms with Gasteiger partial charge in [-0.3, -0.25) is 0 Å². The number of hydrogen-bond acceptors (Lipinski definition) is 2. The highest BCUT2D eigenvalue weighted by molar-refractivity contribution is 5.16. The fraction of sp³-hybridized carbons (Fsp3) is 0.818. The van der Waals surface area contributed by atoms with Gasteiger partial charge in [0, 0.05) is 0 Å². The van der Waals surface area contributed by atoms with Crippen LogP contribution in [-0.4, -0.2) is 0 Å². The molecule has 70 valence electrons. The monoisotopic (exact) mass is 176 g/mol. The molecule has 0 saturated heterocycles. The van der Waals surface area contributed by atoms with Crippen molar-refractivity contribution in [3.8, 4) is 12.1 Å². The summed E-state index contributed by atoms with van der Waals surface area (Å²) < 4.78 is 0. The Morgan fingerprint density at radius 1 is 1.23 bits per heavy atom. The maximum Gasteiger partial charge on any atom is 0.146 e. The largest absolute Gasteiger partial charge is 0.197 e. The number of nitrogens with zero attached hydrogens (tertiary/aromatic N) is 2. The summed E-state index contributed by atoms with van der Waals surface area (Å²) >= 11 is 0. The first-order valence-electron chi connectivity index (χ1n) is 5.11. The molecule has 1 saturated carbocycles. The summed E-state index contributed by atoms with van der Waals surface area (Å²) in [6.07, 6.45) is 6.19. The molecule has 1 atom stereocenters. The molecular formula is C11H16N2. The van der Waals surface area contributed by atoms with Gasteiger partial charge in [0.15, 0.2) is 0 Å². The van der Waals surface area contributed by atoms with Crippen LogP contribution in [-0.2, 0) is 0 Å². The average Bonchev–Trinajstić information content (AvgIpc) is 2.39. The molecule has 0 amide bonds. The molecule has 1 aliphatic carbocycles. The Morgan fingerprint density at radius 2 is 1.92 bits per heavy atom. The van der Waals surface area contributed by atoms with Crippen LogP contribution in [0.15, 0.2) is 0 Å². The van der Waals surface area contributed by atoms with Gasteiger partial charge in [-0.15, -0.1) is 0 Å². The Bertz CT molecular complexity index is 230. The zero-order chi connectivity index (χ0) is 9.73. The SMILES string of the molecule is CCC1CCCCCC1(C#N)C#N. The van der Waals surface area contributed by atoms with Crippen LogP contribution in [0.3, 0.4) is 0 Å². The molecule has 0 aliphatic heterocycles. The minimum absolute atomic E-state index is 0.296. The van der Waals surface area contributed by atoms with Crippen LogP contribution >= 0.6 is 0 Å². The van der Waals surface area contributed by atoms with E-state index in [0.29, 0.717) is 5.92 Å². The lowest BCUT2D eigenvalue weighted by molar-refractivity contribution is 0.288. The van der Waals surface area contributed by atoms with Crippen molar-refractivity contribution >= 4 is 0 Å². The van der Waals surface area contributed by atoms with Crippen molar-refractivity contribution < 1.29 is 0 Å². The smallest absolute Gasteiger partial charge is 0.146 e. The topological polar surface area (TPSA) is 47.6 Å². The standard InChI is InChI=1S/C11H16N2/c1-2-10-6-4-3-5-7-11(10,8-12)9-13/h10H,2-7H2,1H3. The van der Waals surface area contributed by atoms with Crippen LogP contribution in [0.5, 0.6) is 0 Å². The average molecular weight is 176 g/mol. The Morgan fingerprint density at radius 3 is 2.46 bits per heavy atom. The highest BCUT2D eigenvalue weighted by atomic mass is 14.5. The van der Waals surface area contributed by atoms with Crippen molar-refractivity contribution in [2.24, 2.45) is 11.3 Å². The van der Waals surface area contributed by atoms with Crippen LogP contribution in [0.4, 0.5) is 0 Å². The third-order valence-corrected chi connectivity index (χ3v) is 3.21. The Balaban J connectivity index is 2.88. The van der Waals surface area contributed by atoms with Crippen molar-refractivity contribution in [3.05, 3.63) is 0 Å². The van der Waals surface area contributed by atoms with Gasteiger partial charge in [-0.1, -0.05) is 32.6 Å². The summed E-state index contributed by atoms with van der Waals surface area (Å²) in [6.45, 7) is 2.08. The Kier molecular flexibility index (Phi) is 3.32. The third kappa shape index (κ3) is 1.83. The van der Waals surface area contributed by atoms with Crippen LogP contribution in [0, 0.1) is 34.0 Å². The number of hydrogen-bond donors (Lipinski definition) is 0. The zero-order valence-corrected chi connectivity index (χ0v) is 8.21. The van der Waals surface area contributed by atoms with Gasteiger partial charge >= 0.3 is 0 Å². The van der Waals surface area contributed by atoms with Crippen LogP contribution in [0.1, 0.15) is 45.4 Å². The summed E-state index contributed by atoms with van der Waals surface area (Å²) in [5.41, 5.74) is -0.675. The van der Waals surface area contributed by atoms with Crippen molar-refractivity contribution in [1.82, 2.24) is 0 Å². The third-order valence-electron chi connectivity index (χ3n) is 3.21. The van der Waals surface area contributed by atoms with E-state index in [0.717, 1.165) is 25.7 Å². The summed E-state index contributed by atoms with van der Waals surface area (Å²) in [5, 5.41) is 18.2. The zero-order valence-electron chi connectivity index (χ0n) is 8.21. The highest BCUT2D eigenvalue weighted by Crippen LogP contribution is 2.40. The quantitative estimate of drug-likeness (QED) is 0.576. The van der Waals surface area contributed by atoms with Gasteiger partial charge in [0.25, 0.3) is 0 Å². The molecule has 1 rings (SSSR count). The second-order valence-corrected chi connectivity index (χ2v) is 3.90. The summed E-state index contributed by atoms with van der Waals surface area (Å²) in [6, 6.07) is 4.49. The molecule has 1 fully saturated rings. The molecule has 0 aromatic carbocycles. The number of rotatable bonds is 1. The maximum atomic E-state index is 9.10. The van der Waals surface area contributed by atoms with E-state index in [1.165, 1.54) is 12.8 Å². The Labute approximate surface area is 80.2 Å². The summed E-state index contributed by atoms with van der Waals surface area (Å²) in [5.74, 6) is 0.296. The van der Waals surface area contributed by atoms with E-state index in [-0.39, 0.29) is 0 Å². The molecule has 0 aromatic rings. The first-order valence-corrected chi connectivity index (χ1v) is 5.11. The van der Waals surface area contributed by atoms with Crippen LogP contribution < -0.4 is 0 Å². The molecule has 0 N–H and O–H groups in total. The van der Waals surface area contributed by atoms with Crippen molar-refractivity contribution in [2.75, 3.05) is 0 Å². The van der Waals surface area contributed by atoms with Crippen LogP contribution in [0.2, 0.25) is 0 Å². The van der Waals surface area contributed by atoms with Gasteiger partial charge in [0.1, 0.15) is 5.41 Å². The van der Waals surface area contributed by atoms with E-state index in [9.17, 15) is 0 Å². The molecule has 2 heteroatoms. The van der Waals surface area contributed by atoms with Gasteiger partial charge < -0.3 is 0 Å². The molecule has 1 aliphatic rings. The Hall–Kier alpha value is -1.02. The van der Waals surface area contributed by atoms with Crippen molar-refractivity contribution in [3.63, 3.8) is 0 Å². The molecule has 13 heavy (non-hydrogen) atoms. The molecule has 0 bridgehead atoms. The molecule has 1 unspecified atom stereocenters. The molecule has 0 aromatic heterocycles. The van der Waals surface area contributed by atoms with Crippen molar-refractivity contribution in [2.45, 2.75) is 45.4 Å². The van der Waals surface area contributed by atoms with E-state index in [1.807, 2.05) is 0 Å². The minimum Gasteiger partial charge on any atom is -0.197 e. The van der Waals surface area contributed by atoms with Crippen LogP contribution in [0.25, 0.3) is 0 Å². The predicted molar refractivity (Wildman–Crippen MR) is 50.5 cm³/mol. The van der Waals surface area contributed by atoms with E-state index < -0.39 is 5.41 Å². The fourth-order valence-corrected chi connectivity index (χ4v) is 2.29. The lowest BCUT2D eigenvalue weighted by Gasteiger charge is -2.25. The molecule has 0 spiro atoms. The van der Waals surface area contributed by atoms with E-state index >= 15 is 0 Å². The van der Waals surface area contributed by atoms with Crippen molar-refractivity contribution in [1.29, 1.82) is 10.5 Å². The minimum atomic E-state index is -0.675. The maximum absolute atomic E-state index is 9.10. The van der Waals surface area contributed by atoms with E-state index in [1.54, 1.807) is 0 Å². The van der Waals surface area contributed by atoms with E-state index in [2.05, 4.69) is 19.1 Å². The second-order valence-electron chi connectivity index (χ2n) is 3.90. The predicted octanol–water partition coefficient (Wildman–Crippen LogP) is 3.01. The number of nitriles is 2. The van der Waals surface area contributed by atoms with Gasteiger partial charge in [-0.2, -0.15) is 10.5 Å². The van der Waals surface area contributed by atoms with Gasteiger partial charge in [-0.25, -0.2) is 0 Å². The highest BCUT2D eigenvalue weighted by Gasteiger charge is 2.38. The lowest BCUT2D eigenvalue weighted by Crippen LogP contribution is -2.25. The summed E-state index contributed by atoms with van der Waals surface area (Å²) in [4.78, 5) is 0. The van der Waals surface area contributed by atoms with Gasteiger partial charge in [0.2, 0.25) is 0 Å². The normalized spacial score (nSPS) is 26.8. The van der Waals surface area contributed by atoms with Gasteiger partial charge in [0.05, 0.1) is 12.1 Å². The lowest BCUT2D eigenvalue weighted by atomic mass is 9.73. The molecule has 0 radical (unpaired) electrons. The van der Waals surface area contributed by atoms with Gasteiger partial charge in [-0.05, 0) is 18.8 Å². The fourth-order valence-electron chi connectivity index (χ4n) is 2.29. The summed E-state index contributed by atoms with van der Waals surface area (Å²) in [7, 11) is 0. The first-order chi connectivity index (χ1) is 6.29. The molecule has 2 nitrogen and oxygen atoms in total. The molecule has 0 heterocycles. The first kappa shape index (κ1) is 10.1. The second kappa shape index (κ2) is 4.28. The van der Waals surface area contributed by atoms with E-state index in [4.69, 9.17) is 10.5 Å². The molecular weight excluding hydrogens is 160 g/mol.